The van der Waals surface area contributed by atoms with Gasteiger partial charge in [0.1, 0.15) is 5.82 Å². The van der Waals surface area contributed by atoms with Gasteiger partial charge in [0.15, 0.2) is 0 Å². The number of benzene rings is 1. The number of nitrogens with zero attached hydrogens (tertiary/aromatic N) is 2. The van der Waals surface area contributed by atoms with Crippen LogP contribution in [-0.4, -0.2) is 9.55 Å². The highest BCUT2D eigenvalue weighted by Crippen LogP contribution is 2.19. The summed E-state index contributed by atoms with van der Waals surface area (Å²) in [5.41, 5.74) is 1.22. The number of hydrogen-bond donors (Lipinski definition) is 1. The van der Waals surface area contributed by atoms with Gasteiger partial charge in [-0.3, -0.25) is 0 Å². The minimum atomic E-state index is 0.204. The van der Waals surface area contributed by atoms with Crippen LogP contribution < -0.4 is 5.32 Å². The molecule has 0 fully saturated rings. The molecule has 0 amide bonds. The van der Waals surface area contributed by atoms with Crippen molar-refractivity contribution in [3.8, 4) is 0 Å². The Hall–Kier alpha value is -1.32. The first-order valence-electron chi connectivity index (χ1n) is 6.06. The average Bonchev–Trinajstić information content (AvgIpc) is 2.76. The molecule has 2 rings (SSSR count). The third kappa shape index (κ3) is 2.92. The highest BCUT2D eigenvalue weighted by atomic mass is 35.5. The molecule has 1 unspecified atom stereocenters. The number of halogens is 1. The van der Waals surface area contributed by atoms with Crippen LogP contribution in [0.1, 0.15) is 37.3 Å². The smallest absolute Gasteiger partial charge is 0.125 e. The molecule has 4 heteroatoms. The lowest BCUT2D eigenvalue weighted by Crippen LogP contribution is -2.24. The number of rotatable bonds is 4. The zero-order valence-electron chi connectivity index (χ0n) is 10.9. The highest BCUT2D eigenvalue weighted by molar-refractivity contribution is 6.30. The molecule has 0 aliphatic carbocycles. The van der Waals surface area contributed by atoms with Crippen molar-refractivity contribution < 1.29 is 0 Å². The van der Waals surface area contributed by atoms with E-state index in [2.05, 4.69) is 24.1 Å². The first-order valence-corrected chi connectivity index (χ1v) is 6.44. The maximum atomic E-state index is 5.89. The summed E-state index contributed by atoms with van der Waals surface area (Å²) in [6, 6.07) is 8.39. The average molecular weight is 264 g/mol. The van der Waals surface area contributed by atoms with Crippen molar-refractivity contribution in [3.63, 3.8) is 0 Å². The Kier molecular flexibility index (Phi) is 4.04. The van der Waals surface area contributed by atoms with Gasteiger partial charge in [-0.25, -0.2) is 4.98 Å². The van der Waals surface area contributed by atoms with Gasteiger partial charge >= 0.3 is 0 Å². The van der Waals surface area contributed by atoms with E-state index in [1.165, 1.54) is 5.56 Å². The molecule has 0 aliphatic rings. The fourth-order valence-corrected chi connectivity index (χ4v) is 2.22. The second-order valence-corrected chi connectivity index (χ2v) is 4.99. The Morgan fingerprint density at radius 2 is 1.83 bits per heavy atom. The molecule has 0 aliphatic heterocycles. The van der Waals surface area contributed by atoms with Crippen molar-refractivity contribution in [2.24, 2.45) is 7.05 Å². The van der Waals surface area contributed by atoms with E-state index in [1.807, 2.05) is 48.3 Å². The van der Waals surface area contributed by atoms with Crippen LogP contribution in [0.3, 0.4) is 0 Å². The topological polar surface area (TPSA) is 29.9 Å². The Bertz CT molecular complexity index is 504. The van der Waals surface area contributed by atoms with Crippen LogP contribution in [-0.2, 0) is 7.05 Å². The molecule has 18 heavy (non-hydrogen) atoms. The Morgan fingerprint density at radius 1 is 1.17 bits per heavy atom. The quantitative estimate of drug-likeness (QED) is 0.915. The summed E-state index contributed by atoms with van der Waals surface area (Å²) in [7, 11) is 2.01. The minimum Gasteiger partial charge on any atom is -0.337 e. The summed E-state index contributed by atoms with van der Waals surface area (Å²) in [4.78, 5) is 4.36. The zero-order chi connectivity index (χ0) is 13.1. The molecule has 2 atom stereocenters. The number of aromatic nitrogens is 2. The normalized spacial score (nSPS) is 14.4. The van der Waals surface area contributed by atoms with Gasteiger partial charge in [0.25, 0.3) is 0 Å². The first kappa shape index (κ1) is 13.1. The summed E-state index contributed by atoms with van der Waals surface area (Å²) < 4.78 is 2.03. The Morgan fingerprint density at radius 3 is 2.39 bits per heavy atom. The molecular formula is C14H18ClN3. The van der Waals surface area contributed by atoms with E-state index in [0.29, 0.717) is 0 Å². The summed E-state index contributed by atoms with van der Waals surface area (Å²) >= 11 is 5.89. The predicted octanol–water partition coefficient (Wildman–Crippen LogP) is 3.49. The van der Waals surface area contributed by atoms with E-state index >= 15 is 0 Å². The predicted molar refractivity (Wildman–Crippen MR) is 74.6 cm³/mol. The number of hydrogen-bond acceptors (Lipinski definition) is 2. The summed E-state index contributed by atoms with van der Waals surface area (Å²) in [6.07, 6.45) is 3.78. The van der Waals surface area contributed by atoms with Gasteiger partial charge in [-0.2, -0.15) is 0 Å². The van der Waals surface area contributed by atoms with Crippen LogP contribution in [0.15, 0.2) is 36.7 Å². The molecule has 1 aromatic carbocycles. The maximum Gasteiger partial charge on any atom is 0.125 e. The van der Waals surface area contributed by atoms with E-state index in [1.54, 1.807) is 0 Å². The van der Waals surface area contributed by atoms with Crippen LogP contribution in [0.2, 0.25) is 5.02 Å². The number of nitrogens with one attached hydrogen (secondary N) is 1. The molecule has 2 aromatic rings. The molecule has 0 radical (unpaired) electrons. The first-order chi connectivity index (χ1) is 8.58. The largest absolute Gasteiger partial charge is 0.337 e. The van der Waals surface area contributed by atoms with Crippen LogP contribution in [0.5, 0.6) is 0 Å². The van der Waals surface area contributed by atoms with Gasteiger partial charge in [-0.15, -0.1) is 0 Å². The van der Waals surface area contributed by atoms with Crippen molar-refractivity contribution >= 4 is 11.6 Å². The summed E-state index contributed by atoms with van der Waals surface area (Å²) in [5, 5.41) is 4.30. The van der Waals surface area contributed by atoms with Crippen molar-refractivity contribution in [2.75, 3.05) is 0 Å². The highest BCUT2D eigenvalue weighted by Gasteiger charge is 2.14. The van der Waals surface area contributed by atoms with Gasteiger partial charge < -0.3 is 9.88 Å². The van der Waals surface area contributed by atoms with Gasteiger partial charge in [0.2, 0.25) is 0 Å². The molecule has 0 bridgehead atoms. The third-order valence-corrected chi connectivity index (χ3v) is 3.37. The zero-order valence-corrected chi connectivity index (χ0v) is 11.6. The van der Waals surface area contributed by atoms with Gasteiger partial charge in [-0.05, 0) is 31.5 Å². The van der Waals surface area contributed by atoms with Crippen LogP contribution in [0.4, 0.5) is 0 Å². The van der Waals surface area contributed by atoms with Crippen molar-refractivity contribution in [3.05, 3.63) is 53.1 Å². The fraction of sp³-hybridized carbons (Fsp3) is 0.357. The van der Waals surface area contributed by atoms with E-state index in [9.17, 15) is 0 Å². The van der Waals surface area contributed by atoms with Crippen molar-refractivity contribution in [1.82, 2.24) is 14.9 Å². The van der Waals surface area contributed by atoms with Crippen LogP contribution >= 0.6 is 11.6 Å². The standard InChI is InChI=1S/C14H18ClN3/c1-10(12-4-6-13(15)7-5-12)17-11(2)14-16-8-9-18(14)3/h4-11,17H,1-3H3/t10-,11?/m0/s1. The molecule has 0 saturated carbocycles. The van der Waals surface area contributed by atoms with Gasteiger partial charge in [-0.1, -0.05) is 23.7 Å². The third-order valence-electron chi connectivity index (χ3n) is 3.12. The van der Waals surface area contributed by atoms with Crippen molar-refractivity contribution in [2.45, 2.75) is 25.9 Å². The summed E-state index contributed by atoms with van der Waals surface area (Å²) in [6.45, 7) is 4.26. The second-order valence-electron chi connectivity index (χ2n) is 4.56. The van der Waals surface area contributed by atoms with Gasteiger partial charge in [0, 0.05) is 30.5 Å². The summed E-state index contributed by atoms with van der Waals surface area (Å²) in [5.74, 6) is 1.04. The molecule has 1 N–H and O–H groups in total. The van der Waals surface area contributed by atoms with Crippen molar-refractivity contribution in [1.29, 1.82) is 0 Å². The Balaban J connectivity index is 2.05. The lowest BCUT2D eigenvalue weighted by atomic mass is 10.1. The number of aryl methyl sites for hydroxylation is 1. The van der Waals surface area contributed by atoms with Gasteiger partial charge in [0.05, 0.1) is 6.04 Å². The SMILES string of the molecule is CC(N[C@@H](C)c1ccc(Cl)cc1)c1nccn1C. The molecule has 1 heterocycles. The molecular weight excluding hydrogens is 246 g/mol. The molecule has 0 spiro atoms. The monoisotopic (exact) mass is 263 g/mol. The van der Waals surface area contributed by atoms with Crippen LogP contribution in [0, 0.1) is 0 Å². The van der Waals surface area contributed by atoms with E-state index in [4.69, 9.17) is 11.6 Å². The maximum absolute atomic E-state index is 5.89. The molecule has 0 saturated heterocycles. The second kappa shape index (κ2) is 5.55. The lowest BCUT2D eigenvalue weighted by molar-refractivity contribution is 0.467. The molecule has 1 aromatic heterocycles. The van der Waals surface area contributed by atoms with E-state index in [-0.39, 0.29) is 12.1 Å². The molecule has 96 valence electrons. The van der Waals surface area contributed by atoms with E-state index in [0.717, 1.165) is 10.8 Å². The minimum absolute atomic E-state index is 0.204. The molecule has 3 nitrogen and oxygen atoms in total. The fourth-order valence-electron chi connectivity index (χ4n) is 2.09. The number of imidazole rings is 1. The van der Waals surface area contributed by atoms with Crippen LogP contribution in [0.25, 0.3) is 0 Å². The lowest BCUT2D eigenvalue weighted by Gasteiger charge is -2.20. The van der Waals surface area contributed by atoms with E-state index < -0.39 is 0 Å². The Labute approximate surface area is 113 Å².